The molecule has 2 heteroatoms. The molecule has 0 fully saturated rings. The molecule has 4 rings (SSSR count). The first-order chi connectivity index (χ1) is 11.7. The third kappa shape index (κ3) is 2.30. The fourth-order valence-corrected chi connectivity index (χ4v) is 3.86. The summed E-state index contributed by atoms with van der Waals surface area (Å²) < 4.78 is 0. The lowest BCUT2D eigenvalue weighted by atomic mass is 9.82. The molecular weight excluding hydrogens is 294 g/mol. The molecule has 0 saturated heterocycles. The molecule has 1 aliphatic rings. The molecule has 0 saturated carbocycles. The SMILES string of the molecule is CC(C)N1C(=O)CC(c2ccccc2)c2ccc3ccccc3c21. The second-order valence-corrected chi connectivity index (χ2v) is 6.75. The van der Waals surface area contributed by atoms with Crippen LogP contribution >= 0.6 is 0 Å². The molecule has 1 aliphatic heterocycles. The Hall–Kier alpha value is -2.61. The van der Waals surface area contributed by atoms with E-state index in [-0.39, 0.29) is 17.9 Å². The van der Waals surface area contributed by atoms with Crippen LogP contribution in [0.3, 0.4) is 0 Å². The van der Waals surface area contributed by atoms with Crippen molar-refractivity contribution in [1.82, 2.24) is 0 Å². The Morgan fingerprint density at radius 2 is 1.62 bits per heavy atom. The molecule has 24 heavy (non-hydrogen) atoms. The second kappa shape index (κ2) is 5.79. The van der Waals surface area contributed by atoms with E-state index in [0.717, 1.165) is 11.1 Å². The number of benzene rings is 3. The van der Waals surface area contributed by atoms with E-state index in [1.807, 2.05) is 17.0 Å². The number of hydrogen-bond acceptors (Lipinski definition) is 1. The van der Waals surface area contributed by atoms with E-state index >= 15 is 0 Å². The molecular formula is C22H21NO. The van der Waals surface area contributed by atoms with Gasteiger partial charge in [-0.3, -0.25) is 4.79 Å². The molecule has 1 atom stereocenters. The molecule has 0 radical (unpaired) electrons. The fourth-order valence-electron chi connectivity index (χ4n) is 3.86. The predicted octanol–water partition coefficient (Wildman–Crippen LogP) is 5.12. The maximum atomic E-state index is 13.0. The maximum absolute atomic E-state index is 13.0. The third-order valence-corrected chi connectivity index (χ3v) is 4.91. The van der Waals surface area contributed by atoms with E-state index in [4.69, 9.17) is 0 Å². The Bertz CT molecular complexity index is 898. The average molecular weight is 315 g/mol. The highest BCUT2D eigenvalue weighted by atomic mass is 16.2. The van der Waals surface area contributed by atoms with Crippen molar-refractivity contribution in [3.63, 3.8) is 0 Å². The lowest BCUT2D eigenvalue weighted by Crippen LogP contribution is -2.41. The van der Waals surface area contributed by atoms with E-state index in [0.29, 0.717) is 6.42 Å². The zero-order chi connectivity index (χ0) is 16.7. The van der Waals surface area contributed by atoms with Crippen LogP contribution in [0.4, 0.5) is 5.69 Å². The largest absolute Gasteiger partial charge is 0.309 e. The molecule has 0 aliphatic carbocycles. The van der Waals surface area contributed by atoms with Gasteiger partial charge in [-0.15, -0.1) is 0 Å². The van der Waals surface area contributed by atoms with Crippen LogP contribution in [0.2, 0.25) is 0 Å². The van der Waals surface area contributed by atoms with E-state index in [1.165, 1.54) is 16.5 Å². The molecule has 1 amide bonds. The molecule has 3 aromatic rings. The smallest absolute Gasteiger partial charge is 0.228 e. The van der Waals surface area contributed by atoms with Crippen LogP contribution in [0.1, 0.15) is 37.3 Å². The number of hydrogen-bond donors (Lipinski definition) is 0. The Morgan fingerprint density at radius 3 is 2.38 bits per heavy atom. The van der Waals surface area contributed by atoms with Gasteiger partial charge in [0.2, 0.25) is 5.91 Å². The minimum Gasteiger partial charge on any atom is -0.309 e. The zero-order valence-corrected chi connectivity index (χ0v) is 14.1. The first kappa shape index (κ1) is 14.9. The Morgan fingerprint density at radius 1 is 0.917 bits per heavy atom. The second-order valence-electron chi connectivity index (χ2n) is 6.75. The first-order valence-electron chi connectivity index (χ1n) is 8.55. The predicted molar refractivity (Wildman–Crippen MR) is 99.5 cm³/mol. The van der Waals surface area contributed by atoms with Crippen molar-refractivity contribution in [2.24, 2.45) is 0 Å². The highest BCUT2D eigenvalue weighted by Gasteiger charge is 2.34. The van der Waals surface area contributed by atoms with Gasteiger partial charge >= 0.3 is 0 Å². The van der Waals surface area contributed by atoms with Gasteiger partial charge < -0.3 is 4.90 Å². The summed E-state index contributed by atoms with van der Waals surface area (Å²) in [5.74, 6) is 0.344. The van der Waals surface area contributed by atoms with Gasteiger partial charge in [0.05, 0.1) is 5.69 Å². The van der Waals surface area contributed by atoms with Crippen molar-refractivity contribution in [2.45, 2.75) is 32.2 Å². The average Bonchev–Trinajstić information content (AvgIpc) is 2.61. The lowest BCUT2D eigenvalue weighted by Gasteiger charge is -2.37. The minimum absolute atomic E-state index is 0.133. The number of rotatable bonds is 2. The summed E-state index contributed by atoms with van der Waals surface area (Å²) in [5.41, 5.74) is 3.56. The van der Waals surface area contributed by atoms with Crippen molar-refractivity contribution in [3.8, 4) is 0 Å². The van der Waals surface area contributed by atoms with Gasteiger partial charge in [0.25, 0.3) is 0 Å². The van der Waals surface area contributed by atoms with Crippen LogP contribution in [-0.2, 0) is 4.79 Å². The van der Waals surface area contributed by atoms with Crippen LogP contribution < -0.4 is 4.90 Å². The minimum atomic E-state index is 0.133. The van der Waals surface area contributed by atoms with Gasteiger partial charge in [-0.05, 0) is 30.4 Å². The normalized spacial score (nSPS) is 17.4. The van der Waals surface area contributed by atoms with Crippen LogP contribution in [0.25, 0.3) is 10.8 Å². The maximum Gasteiger partial charge on any atom is 0.228 e. The zero-order valence-electron chi connectivity index (χ0n) is 14.1. The Kier molecular flexibility index (Phi) is 3.61. The van der Waals surface area contributed by atoms with Crippen LogP contribution in [0.15, 0.2) is 66.7 Å². The van der Waals surface area contributed by atoms with Gasteiger partial charge in [0.15, 0.2) is 0 Å². The summed E-state index contributed by atoms with van der Waals surface area (Å²) in [6.07, 6.45) is 0.535. The molecule has 0 bridgehead atoms. The quantitative estimate of drug-likeness (QED) is 0.643. The van der Waals surface area contributed by atoms with E-state index in [2.05, 4.69) is 68.4 Å². The van der Waals surface area contributed by atoms with Crippen LogP contribution in [0.5, 0.6) is 0 Å². The summed E-state index contributed by atoms with van der Waals surface area (Å²) >= 11 is 0. The van der Waals surface area contributed by atoms with Crippen LogP contribution in [-0.4, -0.2) is 11.9 Å². The Balaban J connectivity index is 2.00. The standard InChI is InChI=1S/C22H21NO/c1-15(2)23-21(24)14-20(16-8-4-3-5-9-16)19-13-12-17-10-6-7-11-18(17)22(19)23/h3-13,15,20H,14H2,1-2H3. The number of fused-ring (bicyclic) bond motifs is 3. The van der Waals surface area contributed by atoms with E-state index in [1.54, 1.807) is 0 Å². The van der Waals surface area contributed by atoms with Crippen molar-refractivity contribution >= 4 is 22.4 Å². The third-order valence-electron chi connectivity index (χ3n) is 4.91. The molecule has 3 aromatic carbocycles. The molecule has 0 spiro atoms. The summed E-state index contributed by atoms with van der Waals surface area (Å²) in [6, 6.07) is 23.3. The molecule has 0 aromatic heterocycles. The lowest BCUT2D eigenvalue weighted by molar-refractivity contribution is -0.119. The molecule has 1 unspecified atom stereocenters. The van der Waals surface area contributed by atoms with Crippen LogP contribution in [0, 0.1) is 0 Å². The summed E-state index contributed by atoms with van der Waals surface area (Å²) in [7, 11) is 0. The number of nitrogens with zero attached hydrogens (tertiary/aromatic N) is 1. The van der Waals surface area contributed by atoms with Crippen molar-refractivity contribution in [2.75, 3.05) is 4.90 Å². The molecule has 1 heterocycles. The van der Waals surface area contributed by atoms with Gasteiger partial charge in [0.1, 0.15) is 0 Å². The first-order valence-corrected chi connectivity index (χ1v) is 8.55. The van der Waals surface area contributed by atoms with Gasteiger partial charge in [-0.1, -0.05) is 66.7 Å². The highest BCUT2D eigenvalue weighted by molar-refractivity contribution is 6.08. The molecule has 0 N–H and O–H groups in total. The van der Waals surface area contributed by atoms with E-state index in [9.17, 15) is 4.79 Å². The van der Waals surface area contributed by atoms with Crippen molar-refractivity contribution < 1.29 is 4.79 Å². The number of carbonyl (C=O) groups is 1. The van der Waals surface area contributed by atoms with E-state index < -0.39 is 0 Å². The number of amides is 1. The number of carbonyl (C=O) groups excluding carboxylic acids is 1. The molecule has 2 nitrogen and oxygen atoms in total. The molecule has 120 valence electrons. The summed E-state index contributed by atoms with van der Waals surface area (Å²) in [5, 5.41) is 2.35. The van der Waals surface area contributed by atoms with Crippen molar-refractivity contribution in [1.29, 1.82) is 0 Å². The van der Waals surface area contributed by atoms with Gasteiger partial charge in [0, 0.05) is 23.8 Å². The van der Waals surface area contributed by atoms with Gasteiger partial charge in [-0.25, -0.2) is 0 Å². The van der Waals surface area contributed by atoms with Crippen molar-refractivity contribution in [3.05, 3.63) is 77.9 Å². The summed E-state index contributed by atoms with van der Waals surface area (Å²) in [6.45, 7) is 4.18. The monoisotopic (exact) mass is 315 g/mol. The summed E-state index contributed by atoms with van der Waals surface area (Å²) in [4.78, 5) is 14.9. The Labute approximate surface area is 142 Å². The van der Waals surface area contributed by atoms with Gasteiger partial charge in [-0.2, -0.15) is 0 Å². The topological polar surface area (TPSA) is 20.3 Å². The highest BCUT2D eigenvalue weighted by Crippen LogP contribution is 2.44. The number of anilines is 1. The fraction of sp³-hybridized carbons (Fsp3) is 0.227.